The summed E-state index contributed by atoms with van der Waals surface area (Å²) in [6.07, 6.45) is 4.78. The van der Waals surface area contributed by atoms with Crippen molar-refractivity contribution in [1.82, 2.24) is 0 Å². The van der Waals surface area contributed by atoms with Gasteiger partial charge in [0.15, 0.2) is 0 Å². The molecule has 1 heterocycles. The summed E-state index contributed by atoms with van der Waals surface area (Å²) in [6.45, 7) is 0.750. The van der Waals surface area contributed by atoms with Gasteiger partial charge in [0, 0.05) is 6.61 Å². The predicted octanol–water partition coefficient (Wildman–Crippen LogP) is 1.42. The lowest BCUT2D eigenvalue weighted by Crippen LogP contribution is -2.34. The average Bonchev–Trinajstić information content (AvgIpc) is 2.86. The van der Waals surface area contributed by atoms with E-state index in [1.807, 2.05) is 0 Å². The zero-order valence-electron chi connectivity index (χ0n) is 7.08. The molecular weight excluding hydrogens is 156 g/mol. The molecule has 1 unspecified atom stereocenters. The molecule has 1 saturated heterocycles. The van der Waals surface area contributed by atoms with E-state index in [1.165, 1.54) is 0 Å². The first-order valence-corrected chi connectivity index (χ1v) is 4.61. The molecule has 0 spiro atoms. The fraction of sp³-hybridized carbons (Fsp3) is 0.889. The van der Waals surface area contributed by atoms with Crippen LogP contribution in [0.4, 0.5) is 0 Å². The summed E-state index contributed by atoms with van der Waals surface area (Å²) in [5.41, 5.74) is -0.486. The van der Waals surface area contributed by atoms with Gasteiger partial charge in [0.1, 0.15) is 0 Å². The Morgan fingerprint density at radius 3 is 2.58 bits per heavy atom. The SMILES string of the molecule is O=C(O)C1(C2CCCCO2)CC1. The third kappa shape index (κ3) is 1.12. The van der Waals surface area contributed by atoms with E-state index in [4.69, 9.17) is 9.84 Å². The monoisotopic (exact) mass is 170 g/mol. The zero-order chi connectivity index (χ0) is 8.60. The van der Waals surface area contributed by atoms with Gasteiger partial charge in [-0.05, 0) is 32.1 Å². The predicted molar refractivity (Wildman–Crippen MR) is 42.9 cm³/mol. The van der Waals surface area contributed by atoms with Crippen LogP contribution < -0.4 is 0 Å². The molecule has 68 valence electrons. The van der Waals surface area contributed by atoms with Crippen LogP contribution in [0.5, 0.6) is 0 Å². The van der Waals surface area contributed by atoms with E-state index in [-0.39, 0.29) is 6.10 Å². The minimum atomic E-state index is -0.658. The van der Waals surface area contributed by atoms with Gasteiger partial charge in [-0.25, -0.2) is 0 Å². The maximum atomic E-state index is 10.9. The van der Waals surface area contributed by atoms with Crippen molar-refractivity contribution in [3.8, 4) is 0 Å². The summed E-state index contributed by atoms with van der Waals surface area (Å²) in [6, 6.07) is 0. The Morgan fingerprint density at radius 2 is 2.17 bits per heavy atom. The number of hydrogen-bond donors (Lipinski definition) is 1. The van der Waals surface area contributed by atoms with Gasteiger partial charge in [0.2, 0.25) is 0 Å². The fourth-order valence-electron chi connectivity index (χ4n) is 1.98. The van der Waals surface area contributed by atoms with Crippen molar-refractivity contribution in [2.75, 3.05) is 6.61 Å². The minimum absolute atomic E-state index is 0.00347. The van der Waals surface area contributed by atoms with Crippen molar-refractivity contribution in [1.29, 1.82) is 0 Å². The Bertz CT molecular complexity index is 190. The highest BCUT2D eigenvalue weighted by Gasteiger charge is 2.56. The standard InChI is InChI=1S/C9H14O3/c10-8(11)9(4-5-9)7-3-1-2-6-12-7/h7H,1-6H2,(H,10,11). The van der Waals surface area contributed by atoms with Crippen LogP contribution in [-0.2, 0) is 9.53 Å². The molecule has 0 radical (unpaired) electrons. The van der Waals surface area contributed by atoms with Crippen molar-refractivity contribution >= 4 is 5.97 Å². The minimum Gasteiger partial charge on any atom is -0.481 e. The topological polar surface area (TPSA) is 46.5 Å². The average molecular weight is 170 g/mol. The van der Waals surface area contributed by atoms with Crippen LogP contribution in [-0.4, -0.2) is 23.8 Å². The lowest BCUT2D eigenvalue weighted by Gasteiger charge is -2.27. The summed E-state index contributed by atoms with van der Waals surface area (Å²) in [4.78, 5) is 10.9. The van der Waals surface area contributed by atoms with Gasteiger partial charge < -0.3 is 9.84 Å². The smallest absolute Gasteiger partial charge is 0.312 e. The molecule has 1 atom stereocenters. The Morgan fingerprint density at radius 1 is 1.42 bits per heavy atom. The number of aliphatic carboxylic acids is 1. The molecule has 0 bridgehead atoms. The van der Waals surface area contributed by atoms with E-state index in [1.54, 1.807) is 0 Å². The first-order chi connectivity index (χ1) is 5.76. The van der Waals surface area contributed by atoms with Crippen LogP contribution in [0.3, 0.4) is 0 Å². The van der Waals surface area contributed by atoms with Crippen molar-refractivity contribution < 1.29 is 14.6 Å². The molecule has 0 aromatic heterocycles. The highest BCUT2D eigenvalue weighted by Crippen LogP contribution is 2.52. The zero-order valence-corrected chi connectivity index (χ0v) is 7.08. The second-order valence-electron chi connectivity index (χ2n) is 3.82. The highest BCUT2D eigenvalue weighted by atomic mass is 16.5. The number of carboxylic acid groups (broad SMARTS) is 1. The number of hydrogen-bond acceptors (Lipinski definition) is 2. The maximum absolute atomic E-state index is 10.9. The fourth-order valence-corrected chi connectivity index (χ4v) is 1.98. The van der Waals surface area contributed by atoms with Crippen molar-refractivity contribution in [2.45, 2.75) is 38.2 Å². The van der Waals surface area contributed by atoms with E-state index < -0.39 is 11.4 Å². The lowest BCUT2D eigenvalue weighted by molar-refractivity contribution is -0.152. The van der Waals surface area contributed by atoms with Crippen LogP contribution in [0.15, 0.2) is 0 Å². The van der Waals surface area contributed by atoms with Crippen molar-refractivity contribution in [2.24, 2.45) is 5.41 Å². The van der Waals surface area contributed by atoms with Gasteiger partial charge in [0.05, 0.1) is 11.5 Å². The van der Waals surface area contributed by atoms with Crippen LogP contribution in [0.25, 0.3) is 0 Å². The molecule has 3 heteroatoms. The molecule has 3 nitrogen and oxygen atoms in total. The number of ether oxygens (including phenoxy) is 1. The Kier molecular flexibility index (Phi) is 1.83. The van der Waals surface area contributed by atoms with Crippen LogP contribution in [0.1, 0.15) is 32.1 Å². The summed E-state index contributed by atoms with van der Waals surface area (Å²) < 4.78 is 5.49. The molecule has 0 aromatic carbocycles. The number of rotatable bonds is 2. The lowest BCUT2D eigenvalue weighted by atomic mass is 9.93. The number of carbonyl (C=O) groups is 1. The Labute approximate surface area is 71.7 Å². The molecule has 1 aliphatic heterocycles. The van der Waals surface area contributed by atoms with Gasteiger partial charge in [-0.15, -0.1) is 0 Å². The summed E-state index contributed by atoms with van der Waals surface area (Å²) >= 11 is 0. The first kappa shape index (κ1) is 8.05. The third-order valence-electron chi connectivity index (χ3n) is 3.01. The normalized spacial score (nSPS) is 32.8. The van der Waals surface area contributed by atoms with Gasteiger partial charge >= 0.3 is 5.97 Å². The van der Waals surface area contributed by atoms with Gasteiger partial charge in [0.25, 0.3) is 0 Å². The van der Waals surface area contributed by atoms with Crippen molar-refractivity contribution in [3.05, 3.63) is 0 Å². The number of carboxylic acids is 1. The molecule has 1 saturated carbocycles. The molecule has 2 rings (SSSR count). The van der Waals surface area contributed by atoms with Crippen LogP contribution >= 0.6 is 0 Å². The molecule has 2 fully saturated rings. The van der Waals surface area contributed by atoms with Gasteiger partial charge in [-0.1, -0.05) is 0 Å². The molecule has 0 amide bonds. The van der Waals surface area contributed by atoms with E-state index in [9.17, 15) is 4.79 Å². The van der Waals surface area contributed by atoms with E-state index in [0.29, 0.717) is 0 Å². The summed E-state index contributed by atoms with van der Waals surface area (Å²) in [7, 11) is 0. The summed E-state index contributed by atoms with van der Waals surface area (Å²) in [5.74, 6) is -0.658. The second-order valence-corrected chi connectivity index (χ2v) is 3.82. The van der Waals surface area contributed by atoms with Gasteiger partial charge in [-0.2, -0.15) is 0 Å². The van der Waals surface area contributed by atoms with E-state index in [0.717, 1.165) is 38.7 Å². The van der Waals surface area contributed by atoms with Crippen LogP contribution in [0.2, 0.25) is 0 Å². The first-order valence-electron chi connectivity index (χ1n) is 4.61. The summed E-state index contributed by atoms with van der Waals surface area (Å²) in [5, 5.41) is 8.98. The molecule has 0 aromatic rings. The quantitative estimate of drug-likeness (QED) is 0.681. The van der Waals surface area contributed by atoms with Gasteiger partial charge in [-0.3, -0.25) is 4.79 Å². The molecule has 1 aliphatic carbocycles. The van der Waals surface area contributed by atoms with Crippen LogP contribution in [0, 0.1) is 5.41 Å². The molecular formula is C9H14O3. The molecule has 12 heavy (non-hydrogen) atoms. The Balaban J connectivity index is 2.02. The highest BCUT2D eigenvalue weighted by molar-refractivity contribution is 5.78. The van der Waals surface area contributed by atoms with E-state index in [2.05, 4.69) is 0 Å². The third-order valence-corrected chi connectivity index (χ3v) is 3.01. The molecule has 1 N–H and O–H groups in total. The molecule has 2 aliphatic rings. The van der Waals surface area contributed by atoms with Crippen molar-refractivity contribution in [3.63, 3.8) is 0 Å². The second kappa shape index (κ2) is 2.73. The van der Waals surface area contributed by atoms with E-state index >= 15 is 0 Å². The Hall–Kier alpha value is -0.570. The largest absolute Gasteiger partial charge is 0.481 e. The maximum Gasteiger partial charge on any atom is 0.312 e.